The van der Waals surface area contributed by atoms with E-state index in [-0.39, 0.29) is 29.2 Å². The van der Waals surface area contributed by atoms with E-state index >= 15 is 0 Å². The third kappa shape index (κ3) is 9.13. The van der Waals surface area contributed by atoms with E-state index in [1.807, 2.05) is 84.9 Å². The van der Waals surface area contributed by atoms with Crippen LogP contribution in [-0.4, -0.2) is 41.5 Å². The zero-order valence-corrected chi connectivity index (χ0v) is 25.2. The molecule has 0 spiro atoms. The van der Waals surface area contributed by atoms with Gasteiger partial charge in [-0.3, -0.25) is 0 Å². The van der Waals surface area contributed by atoms with Gasteiger partial charge in [0, 0.05) is 12.1 Å². The zero-order valence-electron chi connectivity index (χ0n) is 24.5. The summed E-state index contributed by atoms with van der Waals surface area (Å²) >= 11 is 5.79. The van der Waals surface area contributed by atoms with Crippen LogP contribution in [0.3, 0.4) is 0 Å². The van der Waals surface area contributed by atoms with Crippen LogP contribution in [0.15, 0.2) is 60.7 Å². The van der Waals surface area contributed by atoms with Crippen LogP contribution in [0.2, 0.25) is 5.02 Å². The number of benzene rings is 3. The summed E-state index contributed by atoms with van der Waals surface area (Å²) in [5, 5.41) is 14.1. The number of aliphatic hydroxyl groups is 1. The topological polar surface area (TPSA) is 67.8 Å². The summed E-state index contributed by atoms with van der Waals surface area (Å²) < 4.78 is 25.4. The minimum absolute atomic E-state index is 0.103. The molecule has 5 nitrogen and oxygen atoms in total. The number of aliphatic hydroxyl groups excluding tert-OH is 1. The molecule has 216 valence electrons. The fraction of sp³-hybridized carbons (Fsp3) is 0.424. The number of carbonyl (C=O) groups is 1. The average Bonchev–Trinajstić information content (AvgIpc) is 2.87. The molecule has 0 unspecified atom stereocenters. The summed E-state index contributed by atoms with van der Waals surface area (Å²) in [6, 6.07) is 18.5. The number of aryl methyl sites for hydroxylation is 1. The highest BCUT2D eigenvalue weighted by Crippen LogP contribution is 2.31. The highest BCUT2D eigenvalue weighted by molar-refractivity contribution is 6.30. The molecule has 0 fully saturated rings. The van der Waals surface area contributed by atoms with Crippen LogP contribution < -0.4 is 5.32 Å². The van der Waals surface area contributed by atoms with Crippen molar-refractivity contribution in [2.24, 2.45) is 0 Å². The van der Waals surface area contributed by atoms with Crippen LogP contribution in [0.4, 0.5) is 4.39 Å². The molecule has 0 saturated heterocycles. The van der Waals surface area contributed by atoms with Gasteiger partial charge < -0.3 is 19.9 Å². The highest BCUT2D eigenvalue weighted by Gasteiger charge is 2.22. The number of halogens is 2. The van der Waals surface area contributed by atoms with Crippen LogP contribution in [0.5, 0.6) is 0 Å². The molecule has 2 N–H and O–H groups in total. The second-order valence-electron chi connectivity index (χ2n) is 11.9. The third-order valence-corrected chi connectivity index (χ3v) is 6.85. The first-order valence-electron chi connectivity index (χ1n) is 13.6. The standard InChI is InChI=1S/C33H41ClFNO4/c1-21-16-24(13-14-26(21)31(38)40-32(3,4)5)28-11-9-8-10-27(28)22(2)39-20-25(37)19-36-33(6,7)18-23-12-15-29(34)30(35)17-23/h8-17,22,25,36-37H,18-20H2,1-7H3/t22-,25-/m1/s1. The summed E-state index contributed by atoms with van der Waals surface area (Å²) in [5.74, 6) is -0.778. The lowest BCUT2D eigenvalue weighted by Gasteiger charge is -2.28. The Hall–Kier alpha value is -2.77. The maximum atomic E-state index is 13.8. The number of esters is 1. The van der Waals surface area contributed by atoms with Gasteiger partial charge in [-0.15, -0.1) is 0 Å². The van der Waals surface area contributed by atoms with Gasteiger partial charge in [-0.05, 0) is 101 Å². The van der Waals surface area contributed by atoms with Gasteiger partial charge in [0.25, 0.3) is 0 Å². The Morgan fingerprint density at radius 1 is 1.05 bits per heavy atom. The molecule has 3 rings (SSSR count). The molecule has 0 heterocycles. The first-order chi connectivity index (χ1) is 18.6. The van der Waals surface area contributed by atoms with Crippen LogP contribution >= 0.6 is 11.6 Å². The lowest BCUT2D eigenvalue weighted by atomic mass is 9.94. The maximum Gasteiger partial charge on any atom is 0.338 e. The molecule has 0 saturated carbocycles. The van der Waals surface area contributed by atoms with Crippen molar-refractivity contribution in [3.05, 3.63) is 93.8 Å². The Kier molecular flexibility index (Phi) is 10.5. The normalized spacial score (nSPS) is 13.7. The minimum Gasteiger partial charge on any atom is -0.456 e. The number of hydrogen-bond donors (Lipinski definition) is 2. The molecular weight excluding hydrogens is 529 g/mol. The molecule has 0 aliphatic heterocycles. The molecule has 3 aromatic carbocycles. The molecule has 3 aromatic rings. The second-order valence-corrected chi connectivity index (χ2v) is 12.3. The van der Waals surface area contributed by atoms with E-state index in [4.69, 9.17) is 21.1 Å². The van der Waals surface area contributed by atoms with Gasteiger partial charge in [0.15, 0.2) is 0 Å². The van der Waals surface area contributed by atoms with Crippen molar-refractivity contribution in [2.45, 2.75) is 78.2 Å². The van der Waals surface area contributed by atoms with Gasteiger partial charge in [-0.1, -0.05) is 54.1 Å². The van der Waals surface area contributed by atoms with Crippen LogP contribution in [-0.2, 0) is 15.9 Å². The maximum absolute atomic E-state index is 13.8. The monoisotopic (exact) mass is 569 g/mol. The third-order valence-electron chi connectivity index (χ3n) is 6.54. The number of nitrogens with one attached hydrogen (secondary N) is 1. The van der Waals surface area contributed by atoms with Crippen LogP contribution in [0.25, 0.3) is 11.1 Å². The van der Waals surface area contributed by atoms with E-state index in [0.29, 0.717) is 18.5 Å². The first kappa shape index (κ1) is 31.8. The summed E-state index contributed by atoms with van der Waals surface area (Å²) in [7, 11) is 0. The molecule has 7 heteroatoms. The molecule has 0 amide bonds. The minimum atomic E-state index is -0.730. The number of β-amino-alcohol motifs (C(OH)–C–C–N with tert-alkyl or cyclic N) is 1. The van der Waals surface area contributed by atoms with Crippen molar-refractivity contribution in [2.75, 3.05) is 13.2 Å². The van der Waals surface area contributed by atoms with Gasteiger partial charge >= 0.3 is 5.97 Å². The van der Waals surface area contributed by atoms with Crippen molar-refractivity contribution in [3.8, 4) is 11.1 Å². The lowest BCUT2D eigenvalue weighted by molar-refractivity contribution is -0.00397. The van der Waals surface area contributed by atoms with Gasteiger partial charge in [0.2, 0.25) is 0 Å². The molecule has 0 aliphatic rings. The zero-order chi connectivity index (χ0) is 29.7. The summed E-state index contributed by atoms with van der Waals surface area (Å²) in [6.45, 7) is 13.9. The Labute approximate surface area is 242 Å². The molecule has 0 aliphatic carbocycles. The fourth-order valence-corrected chi connectivity index (χ4v) is 4.65. The van der Waals surface area contributed by atoms with Crippen molar-refractivity contribution in [1.82, 2.24) is 5.32 Å². The Morgan fingerprint density at radius 2 is 1.75 bits per heavy atom. The van der Waals surface area contributed by atoms with E-state index in [1.54, 1.807) is 18.2 Å². The largest absolute Gasteiger partial charge is 0.456 e. The van der Waals surface area contributed by atoms with E-state index in [0.717, 1.165) is 27.8 Å². The Morgan fingerprint density at radius 3 is 2.40 bits per heavy atom. The van der Waals surface area contributed by atoms with Gasteiger partial charge in [-0.25, -0.2) is 9.18 Å². The number of carbonyl (C=O) groups excluding carboxylic acids is 1. The van der Waals surface area contributed by atoms with Gasteiger partial charge in [0.05, 0.1) is 29.4 Å². The van der Waals surface area contributed by atoms with E-state index in [9.17, 15) is 14.3 Å². The van der Waals surface area contributed by atoms with E-state index in [2.05, 4.69) is 5.32 Å². The Balaban J connectivity index is 1.61. The molecule has 40 heavy (non-hydrogen) atoms. The first-order valence-corrected chi connectivity index (χ1v) is 13.9. The predicted octanol–water partition coefficient (Wildman–Crippen LogP) is 7.46. The number of ether oxygens (including phenoxy) is 2. The predicted molar refractivity (Wildman–Crippen MR) is 159 cm³/mol. The lowest BCUT2D eigenvalue weighted by Crippen LogP contribution is -2.46. The van der Waals surface area contributed by atoms with Crippen LogP contribution in [0, 0.1) is 12.7 Å². The van der Waals surface area contributed by atoms with Crippen molar-refractivity contribution in [3.63, 3.8) is 0 Å². The summed E-state index contributed by atoms with van der Waals surface area (Å²) in [4.78, 5) is 12.6. The van der Waals surface area contributed by atoms with E-state index < -0.39 is 17.5 Å². The quantitative estimate of drug-likeness (QED) is 0.235. The molecule has 0 bridgehead atoms. The second kappa shape index (κ2) is 13.3. The SMILES string of the molecule is Cc1cc(-c2ccccc2[C@@H](C)OC[C@H](O)CNC(C)(C)Cc2ccc(Cl)c(F)c2)ccc1C(=O)OC(C)(C)C. The molecular formula is C33H41ClFNO4. The summed E-state index contributed by atoms with van der Waals surface area (Å²) in [5.41, 5.74) is 4.22. The average molecular weight is 570 g/mol. The number of rotatable bonds is 11. The summed E-state index contributed by atoms with van der Waals surface area (Å²) in [6.07, 6.45) is -0.433. The molecule has 0 radical (unpaired) electrons. The fourth-order valence-electron chi connectivity index (χ4n) is 4.53. The van der Waals surface area contributed by atoms with Crippen molar-refractivity contribution in [1.29, 1.82) is 0 Å². The number of hydrogen-bond acceptors (Lipinski definition) is 5. The van der Waals surface area contributed by atoms with E-state index in [1.165, 1.54) is 6.07 Å². The molecule has 0 aromatic heterocycles. The highest BCUT2D eigenvalue weighted by atomic mass is 35.5. The molecule has 2 atom stereocenters. The van der Waals surface area contributed by atoms with Crippen molar-refractivity contribution >= 4 is 17.6 Å². The van der Waals surface area contributed by atoms with Gasteiger partial charge in [-0.2, -0.15) is 0 Å². The smallest absolute Gasteiger partial charge is 0.338 e. The van der Waals surface area contributed by atoms with Crippen molar-refractivity contribution < 1.29 is 23.8 Å². The van der Waals surface area contributed by atoms with Crippen LogP contribution in [0.1, 0.15) is 74.7 Å². The van der Waals surface area contributed by atoms with Gasteiger partial charge in [0.1, 0.15) is 11.4 Å². The Bertz CT molecular complexity index is 1320.